The lowest BCUT2D eigenvalue weighted by atomic mass is 10.1. The molecular formula is C24H46O7. The van der Waals surface area contributed by atoms with Crippen molar-refractivity contribution in [1.82, 2.24) is 0 Å². The van der Waals surface area contributed by atoms with Crippen LogP contribution in [0.15, 0.2) is 12.8 Å². The SMILES string of the molecule is C=COCCOCCOCCOCCOCCOC(=O)CCCCCCCCCCC. The van der Waals surface area contributed by atoms with Crippen molar-refractivity contribution in [2.75, 3.05) is 66.1 Å². The van der Waals surface area contributed by atoms with Gasteiger partial charge in [-0.05, 0) is 6.42 Å². The van der Waals surface area contributed by atoms with E-state index in [0.29, 0.717) is 72.5 Å². The van der Waals surface area contributed by atoms with Crippen LogP contribution in [0.5, 0.6) is 0 Å². The molecule has 0 saturated heterocycles. The van der Waals surface area contributed by atoms with Crippen LogP contribution in [-0.2, 0) is 33.2 Å². The molecule has 0 aromatic heterocycles. The molecule has 0 unspecified atom stereocenters. The molecule has 0 heterocycles. The Bertz CT molecular complexity index is 377. The van der Waals surface area contributed by atoms with Gasteiger partial charge in [0.15, 0.2) is 0 Å². The van der Waals surface area contributed by atoms with E-state index in [9.17, 15) is 4.79 Å². The summed E-state index contributed by atoms with van der Waals surface area (Å²) in [6.45, 7) is 10.5. The molecule has 0 aliphatic heterocycles. The first-order valence-electron chi connectivity index (χ1n) is 12.0. The highest BCUT2D eigenvalue weighted by molar-refractivity contribution is 5.69. The second kappa shape index (κ2) is 26.9. The van der Waals surface area contributed by atoms with E-state index in [1.165, 1.54) is 51.2 Å². The van der Waals surface area contributed by atoms with Crippen LogP contribution in [0.25, 0.3) is 0 Å². The zero-order valence-electron chi connectivity index (χ0n) is 19.8. The minimum atomic E-state index is -0.128. The molecule has 0 aliphatic carbocycles. The Morgan fingerprint density at radius 3 is 1.52 bits per heavy atom. The summed E-state index contributed by atoms with van der Waals surface area (Å²) < 4.78 is 31.6. The summed E-state index contributed by atoms with van der Waals surface area (Å²) in [7, 11) is 0. The van der Waals surface area contributed by atoms with Crippen molar-refractivity contribution in [3.05, 3.63) is 12.8 Å². The van der Waals surface area contributed by atoms with Gasteiger partial charge in [0.2, 0.25) is 0 Å². The van der Waals surface area contributed by atoms with Gasteiger partial charge >= 0.3 is 5.97 Å². The molecule has 0 N–H and O–H groups in total. The van der Waals surface area contributed by atoms with Crippen LogP contribution in [0, 0.1) is 0 Å². The summed E-state index contributed by atoms with van der Waals surface area (Å²) in [5, 5.41) is 0. The molecule has 0 radical (unpaired) electrons. The lowest BCUT2D eigenvalue weighted by Crippen LogP contribution is -2.14. The zero-order chi connectivity index (χ0) is 22.7. The molecule has 0 aliphatic rings. The molecule has 0 aromatic rings. The summed E-state index contributed by atoms with van der Waals surface area (Å²) >= 11 is 0. The van der Waals surface area contributed by atoms with Crippen LogP contribution >= 0.6 is 0 Å². The van der Waals surface area contributed by atoms with Gasteiger partial charge in [-0.25, -0.2) is 0 Å². The molecule has 31 heavy (non-hydrogen) atoms. The first-order chi connectivity index (χ1) is 15.3. The maximum atomic E-state index is 11.7. The summed E-state index contributed by atoms with van der Waals surface area (Å²) in [6.07, 6.45) is 13.1. The summed E-state index contributed by atoms with van der Waals surface area (Å²) in [6, 6.07) is 0. The Morgan fingerprint density at radius 2 is 1.03 bits per heavy atom. The Hall–Kier alpha value is -1.15. The van der Waals surface area contributed by atoms with E-state index < -0.39 is 0 Å². The topological polar surface area (TPSA) is 72.5 Å². The average molecular weight is 447 g/mol. The largest absolute Gasteiger partial charge is 0.499 e. The maximum Gasteiger partial charge on any atom is 0.305 e. The average Bonchev–Trinajstić information content (AvgIpc) is 2.77. The van der Waals surface area contributed by atoms with E-state index in [-0.39, 0.29) is 5.97 Å². The zero-order valence-corrected chi connectivity index (χ0v) is 19.8. The van der Waals surface area contributed by atoms with E-state index in [0.717, 1.165) is 12.8 Å². The number of carbonyl (C=O) groups is 1. The van der Waals surface area contributed by atoms with Gasteiger partial charge in [0.25, 0.3) is 0 Å². The Balaban J connectivity index is 3.13. The summed E-state index contributed by atoms with van der Waals surface area (Å²) in [5.41, 5.74) is 0. The van der Waals surface area contributed by atoms with Crippen molar-refractivity contribution in [1.29, 1.82) is 0 Å². The monoisotopic (exact) mass is 446 g/mol. The molecule has 0 bridgehead atoms. The Kier molecular flexibility index (Phi) is 25.9. The highest BCUT2D eigenvalue weighted by atomic mass is 16.6. The predicted molar refractivity (Wildman–Crippen MR) is 122 cm³/mol. The molecule has 0 amide bonds. The highest BCUT2D eigenvalue weighted by Gasteiger charge is 2.02. The Labute approximate surface area is 189 Å². The quantitative estimate of drug-likeness (QED) is 0.109. The smallest absolute Gasteiger partial charge is 0.305 e. The second-order valence-electron chi connectivity index (χ2n) is 7.29. The lowest BCUT2D eigenvalue weighted by molar-refractivity contribution is -0.145. The minimum Gasteiger partial charge on any atom is -0.499 e. The third-order valence-electron chi connectivity index (χ3n) is 4.55. The van der Waals surface area contributed by atoms with Crippen LogP contribution < -0.4 is 0 Å². The van der Waals surface area contributed by atoms with Gasteiger partial charge in [0, 0.05) is 6.42 Å². The molecule has 184 valence electrons. The van der Waals surface area contributed by atoms with Crippen LogP contribution in [0.1, 0.15) is 71.1 Å². The summed E-state index contributed by atoms with van der Waals surface area (Å²) in [4.78, 5) is 11.7. The molecule has 7 nitrogen and oxygen atoms in total. The van der Waals surface area contributed by atoms with E-state index in [1.807, 2.05) is 0 Å². The minimum absolute atomic E-state index is 0.128. The number of carbonyl (C=O) groups excluding carboxylic acids is 1. The third-order valence-corrected chi connectivity index (χ3v) is 4.55. The van der Waals surface area contributed by atoms with Gasteiger partial charge < -0.3 is 28.4 Å². The van der Waals surface area contributed by atoms with Crippen molar-refractivity contribution >= 4 is 5.97 Å². The van der Waals surface area contributed by atoms with Gasteiger partial charge in [-0.2, -0.15) is 0 Å². The van der Waals surface area contributed by atoms with Gasteiger partial charge in [-0.3, -0.25) is 4.79 Å². The number of unbranched alkanes of at least 4 members (excludes halogenated alkanes) is 8. The van der Waals surface area contributed by atoms with Gasteiger partial charge in [-0.15, -0.1) is 0 Å². The van der Waals surface area contributed by atoms with Crippen molar-refractivity contribution in [3.8, 4) is 0 Å². The normalized spacial score (nSPS) is 10.9. The number of ether oxygens (including phenoxy) is 6. The predicted octanol–water partition coefficient (Wildman–Crippen LogP) is 4.68. The van der Waals surface area contributed by atoms with E-state index >= 15 is 0 Å². The standard InChI is InChI=1S/C24H46O7/c1-3-5-6-7-8-9-10-11-12-13-24(25)31-23-22-30-21-20-29-19-18-28-17-16-27-15-14-26-4-2/h4H,2-3,5-23H2,1H3. The first-order valence-corrected chi connectivity index (χ1v) is 12.0. The van der Waals surface area contributed by atoms with Gasteiger partial charge in [0.1, 0.15) is 13.2 Å². The van der Waals surface area contributed by atoms with Crippen LogP contribution in [-0.4, -0.2) is 72.0 Å². The number of hydrogen-bond donors (Lipinski definition) is 0. The molecule has 7 heteroatoms. The first kappa shape index (κ1) is 29.9. The fourth-order valence-electron chi connectivity index (χ4n) is 2.82. The van der Waals surface area contributed by atoms with Crippen LogP contribution in [0.3, 0.4) is 0 Å². The number of hydrogen-bond acceptors (Lipinski definition) is 7. The molecule has 0 atom stereocenters. The number of esters is 1. The van der Waals surface area contributed by atoms with Crippen molar-refractivity contribution in [3.63, 3.8) is 0 Å². The van der Waals surface area contributed by atoms with E-state index in [2.05, 4.69) is 13.5 Å². The lowest BCUT2D eigenvalue weighted by Gasteiger charge is -2.08. The molecule has 0 fully saturated rings. The third kappa shape index (κ3) is 26.8. The maximum absolute atomic E-state index is 11.7. The molecular weight excluding hydrogens is 400 g/mol. The van der Waals surface area contributed by atoms with Crippen molar-refractivity contribution < 1.29 is 33.2 Å². The second-order valence-corrected chi connectivity index (χ2v) is 7.29. The van der Waals surface area contributed by atoms with E-state index in [4.69, 9.17) is 28.4 Å². The van der Waals surface area contributed by atoms with Crippen LogP contribution in [0.2, 0.25) is 0 Å². The molecule has 0 rings (SSSR count). The van der Waals surface area contributed by atoms with E-state index in [1.54, 1.807) is 0 Å². The van der Waals surface area contributed by atoms with Gasteiger partial charge in [-0.1, -0.05) is 64.9 Å². The molecule has 0 aromatic carbocycles. The van der Waals surface area contributed by atoms with Crippen LogP contribution in [0.4, 0.5) is 0 Å². The molecule has 0 spiro atoms. The molecule has 0 saturated carbocycles. The van der Waals surface area contributed by atoms with Crippen molar-refractivity contribution in [2.24, 2.45) is 0 Å². The highest BCUT2D eigenvalue weighted by Crippen LogP contribution is 2.10. The summed E-state index contributed by atoms with van der Waals surface area (Å²) in [5.74, 6) is -0.128. The van der Waals surface area contributed by atoms with Crippen molar-refractivity contribution in [2.45, 2.75) is 71.1 Å². The fourth-order valence-corrected chi connectivity index (χ4v) is 2.82. The van der Waals surface area contributed by atoms with Gasteiger partial charge in [0.05, 0.1) is 59.1 Å². The fraction of sp³-hybridized carbons (Fsp3) is 0.875. The number of rotatable bonds is 26. The Morgan fingerprint density at radius 1 is 0.613 bits per heavy atom.